The lowest BCUT2D eigenvalue weighted by molar-refractivity contribution is 0.0746. The van der Waals surface area contributed by atoms with Crippen molar-refractivity contribution in [2.75, 3.05) is 36.4 Å². The van der Waals surface area contributed by atoms with Crippen molar-refractivity contribution in [3.63, 3.8) is 0 Å². The topological polar surface area (TPSA) is 74.2 Å². The smallest absolute Gasteiger partial charge is 0.255 e. The fourth-order valence-corrected chi connectivity index (χ4v) is 3.45. The maximum Gasteiger partial charge on any atom is 0.255 e. The predicted molar refractivity (Wildman–Crippen MR) is 114 cm³/mol. The van der Waals surface area contributed by atoms with Crippen LogP contribution in [0.1, 0.15) is 15.9 Å². The number of amides is 1. The molecule has 1 aliphatic rings. The first-order valence-corrected chi connectivity index (χ1v) is 9.90. The van der Waals surface area contributed by atoms with Gasteiger partial charge in [0.05, 0.1) is 10.6 Å². The Labute approximate surface area is 178 Å². The highest BCUT2D eigenvalue weighted by atomic mass is 35.5. The Balaban J connectivity index is 1.35. The van der Waals surface area contributed by atoms with Crippen LogP contribution in [0.25, 0.3) is 0 Å². The zero-order valence-corrected chi connectivity index (χ0v) is 17.1. The first-order valence-electron chi connectivity index (χ1n) is 9.52. The molecule has 0 aliphatic carbocycles. The third-order valence-electron chi connectivity index (χ3n) is 4.87. The maximum absolute atomic E-state index is 13.2. The van der Waals surface area contributed by atoms with E-state index in [0.29, 0.717) is 43.4 Å². The highest BCUT2D eigenvalue weighted by Gasteiger charge is 2.24. The third-order valence-corrected chi connectivity index (χ3v) is 5.18. The largest absolute Gasteiger partial charge is 0.352 e. The minimum absolute atomic E-state index is 0.124. The lowest BCUT2D eigenvalue weighted by Crippen LogP contribution is -2.49. The summed E-state index contributed by atoms with van der Waals surface area (Å²) < 4.78 is 13.2. The highest BCUT2D eigenvalue weighted by Crippen LogP contribution is 2.21. The van der Waals surface area contributed by atoms with Gasteiger partial charge in [0.15, 0.2) is 11.6 Å². The van der Waals surface area contributed by atoms with Crippen molar-refractivity contribution in [1.82, 2.24) is 20.1 Å². The lowest BCUT2D eigenvalue weighted by Gasteiger charge is -2.35. The van der Waals surface area contributed by atoms with Crippen LogP contribution in [-0.4, -0.2) is 52.2 Å². The van der Waals surface area contributed by atoms with E-state index in [0.717, 1.165) is 17.4 Å². The summed E-state index contributed by atoms with van der Waals surface area (Å²) in [5, 5.41) is 11.7. The number of pyridine rings is 1. The number of hydrogen-bond acceptors (Lipinski definition) is 6. The normalized spacial score (nSPS) is 14.0. The van der Waals surface area contributed by atoms with Crippen molar-refractivity contribution in [3.8, 4) is 0 Å². The Hall–Kier alpha value is -3.26. The summed E-state index contributed by atoms with van der Waals surface area (Å²) in [6.45, 7) is 4.24. The molecule has 0 bridgehead atoms. The molecule has 0 unspecified atom stereocenters. The van der Waals surface area contributed by atoms with Crippen LogP contribution in [0.3, 0.4) is 0 Å². The Morgan fingerprint density at radius 1 is 1.03 bits per heavy atom. The number of nitrogens with one attached hydrogen (secondary N) is 1. The summed E-state index contributed by atoms with van der Waals surface area (Å²) in [5.74, 6) is 1.39. The van der Waals surface area contributed by atoms with Crippen LogP contribution < -0.4 is 10.2 Å². The molecule has 1 aromatic carbocycles. The molecular formula is C21H20ClFN6O. The fourth-order valence-electron chi connectivity index (χ4n) is 3.21. The van der Waals surface area contributed by atoms with E-state index in [1.165, 1.54) is 12.1 Å². The molecule has 0 radical (unpaired) electrons. The van der Waals surface area contributed by atoms with Gasteiger partial charge in [0.1, 0.15) is 11.6 Å². The number of carbonyl (C=O) groups excluding carboxylic acids is 1. The van der Waals surface area contributed by atoms with Crippen molar-refractivity contribution in [3.05, 3.63) is 70.6 Å². The van der Waals surface area contributed by atoms with Gasteiger partial charge < -0.3 is 15.1 Å². The summed E-state index contributed by atoms with van der Waals surface area (Å²) in [6.07, 6.45) is 1.78. The van der Waals surface area contributed by atoms with Gasteiger partial charge in [0.2, 0.25) is 0 Å². The SMILES string of the molecule is Cc1ccc(Nc2ccc(N3CCN(C(=O)c4ccc(F)cc4Cl)CC3)nn2)nc1. The van der Waals surface area contributed by atoms with Crippen LogP contribution in [0.5, 0.6) is 0 Å². The average molecular weight is 427 g/mol. The number of carbonyl (C=O) groups is 1. The van der Waals surface area contributed by atoms with Crippen molar-refractivity contribution >= 4 is 35.0 Å². The second-order valence-corrected chi connectivity index (χ2v) is 7.43. The summed E-state index contributed by atoms with van der Waals surface area (Å²) in [6, 6.07) is 11.4. The Kier molecular flexibility index (Phi) is 5.76. The van der Waals surface area contributed by atoms with Crippen LogP contribution in [-0.2, 0) is 0 Å². The van der Waals surface area contributed by atoms with E-state index in [9.17, 15) is 9.18 Å². The number of nitrogens with zero attached hydrogens (tertiary/aromatic N) is 5. The molecule has 0 atom stereocenters. The molecule has 1 fully saturated rings. The van der Waals surface area contributed by atoms with Crippen LogP contribution >= 0.6 is 11.6 Å². The van der Waals surface area contributed by atoms with Gasteiger partial charge in [-0.15, -0.1) is 10.2 Å². The van der Waals surface area contributed by atoms with Crippen LogP contribution in [0.15, 0.2) is 48.7 Å². The van der Waals surface area contributed by atoms with Crippen molar-refractivity contribution in [2.45, 2.75) is 6.92 Å². The zero-order chi connectivity index (χ0) is 21.1. The van der Waals surface area contributed by atoms with Crippen molar-refractivity contribution in [1.29, 1.82) is 0 Å². The monoisotopic (exact) mass is 426 g/mol. The van der Waals surface area contributed by atoms with Gasteiger partial charge in [-0.2, -0.15) is 0 Å². The Morgan fingerprint density at radius 3 is 2.43 bits per heavy atom. The lowest BCUT2D eigenvalue weighted by atomic mass is 10.1. The van der Waals surface area contributed by atoms with Gasteiger partial charge in [0.25, 0.3) is 5.91 Å². The zero-order valence-electron chi connectivity index (χ0n) is 16.3. The van der Waals surface area contributed by atoms with Gasteiger partial charge in [-0.05, 0) is 48.9 Å². The van der Waals surface area contributed by atoms with Crippen LogP contribution in [0.2, 0.25) is 5.02 Å². The molecule has 4 rings (SSSR count). The summed E-state index contributed by atoms with van der Waals surface area (Å²) >= 11 is 6.02. The molecule has 0 spiro atoms. The molecule has 1 N–H and O–H groups in total. The van der Waals surface area contributed by atoms with Gasteiger partial charge >= 0.3 is 0 Å². The van der Waals surface area contributed by atoms with Gasteiger partial charge in [-0.25, -0.2) is 9.37 Å². The molecule has 1 aliphatic heterocycles. The van der Waals surface area contributed by atoms with Gasteiger partial charge in [-0.3, -0.25) is 4.79 Å². The average Bonchev–Trinajstić information content (AvgIpc) is 2.76. The third kappa shape index (κ3) is 4.49. The Morgan fingerprint density at radius 2 is 1.80 bits per heavy atom. The van der Waals surface area contributed by atoms with E-state index in [1.54, 1.807) is 11.1 Å². The quantitative estimate of drug-likeness (QED) is 0.686. The summed E-state index contributed by atoms with van der Waals surface area (Å²) in [4.78, 5) is 20.7. The molecule has 30 heavy (non-hydrogen) atoms. The second-order valence-electron chi connectivity index (χ2n) is 7.03. The van der Waals surface area contributed by atoms with E-state index >= 15 is 0 Å². The number of aromatic nitrogens is 3. The molecule has 2 aromatic heterocycles. The first-order chi connectivity index (χ1) is 14.5. The van der Waals surface area contributed by atoms with E-state index < -0.39 is 5.82 Å². The molecule has 3 aromatic rings. The maximum atomic E-state index is 13.2. The molecule has 0 saturated carbocycles. The number of halogens is 2. The highest BCUT2D eigenvalue weighted by molar-refractivity contribution is 6.33. The van der Waals surface area contributed by atoms with E-state index in [2.05, 4.69) is 25.4 Å². The molecule has 3 heterocycles. The summed E-state index contributed by atoms with van der Waals surface area (Å²) in [5.41, 5.74) is 1.40. The first kappa shape index (κ1) is 20.0. The van der Waals surface area contributed by atoms with Gasteiger partial charge in [0, 0.05) is 32.4 Å². The second kappa shape index (κ2) is 8.62. The molecule has 9 heteroatoms. The standard InChI is InChI=1S/C21H20ClFN6O/c1-14-2-5-18(24-13-14)25-19-6-7-20(27-26-19)28-8-10-29(11-9-28)21(30)16-4-3-15(23)12-17(16)22/h2-7,12-13H,8-11H2,1H3,(H,24,25,26). The number of piperazine rings is 1. The minimum Gasteiger partial charge on any atom is -0.352 e. The van der Waals surface area contributed by atoms with E-state index in [4.69, 9.17) is 11.6 Å². The number of benzene rings is 1. The molecule has 1 amide bonds. The number of hydrogen-bond donors (Lipinski definition) is 1. The van der Waals surface area contributed by atoms with E-state index in [1.807, 2.05) is 31.2 Å². The number of aryl methyl sites for hydroxylation is 1. The number of rotatable bonds is 4. The minimum atomic E-state index is -0.462. The van der Waals surface area contributed by atoms with Crippen molar-refractivity contribution in [2.24, 2.45) is 0 Å². The molecule has 1 saturated heterocycles. The summed E-state index contributed by atoms with van der Waals surface area (Å²) in [7, 11) is 0. The Bertz CT molecular complexity index is 1040. The molecular weight excluding hydrogens is 407 g/mol. The van der Waals surface area contributed by atoms with Crippen LogP contribution in [0.4, 0.5) is 21.8 Å². The molecule has 7 nitrogen and oxygen atoms in total. The van der Waals surface area contributed by atoms with Crippen molar-refractivity contribution < 1.29 is 9.18 Å². The molecule has 154 valence electrons. The van der Waals surface area contributed by atoms with Gasteiger partial charge in [-0.1, -0.05) is 17.7 Å². The number of anilines is 3. The van der Waals surface area contributed by atoms with Crippen LogP contribution in [0, 0.1) is 12.7 Å². The fraction of sp³-hybridized carbons (Fsp3) is 0.238. The van der Waals surface area contributed by atoms with E-state index in [-0.39, 0.29) is 10.9 Å². The predicted octanol–water partition coefficient (Wildman–Crippen LogP) is 3.68.